The van der Waals surface area contributed by atoms with Gasteiger partial charge in [0.15, 0.2) is 11.5 Å². The smallest absolute Gasteiger partial charge is 0.340 e. The van der Waals surface area contributed by atoms with Gasteiger partial charge in [0.2, 0.25) is 0 Å². The molecule has 2 fully saturated rings. The van der Waals surface area contributed by atoms with Crippen molar-refractivity contribution in [1.29, 1.82) is 0 Å². The second-order valence-electron chi connectivity index (χ2n) is 8.08. The van der Waals surface area contributed by atoms with Crippen LogP contribution >= 0.6 is 0 Å². The highest BCUT2D eigenvalue weighted by Gasteiger charge is 2.52. The molecule has 5 rings (SSSR count). The predicted octanol–water partition coefficient (Wildman–Crippen LogP) is 3.66. The first-order chi connectivity index (χ1) is 13.0. The second kappa shape index (κ2) is 5.89. The molecule has 0 aliphatic carbocycles. The van der Waals surface area contributed by atoms with E-state index in [1.54, 1.807) is 0 Å². The number of hydrazine groups is 1. The normalized spacial score (nSPS) is 23.6. The lowest BCUT2D eigenvalue weighted by Crippen LogP contribution is -2.35. The number of nitrogens with zero attached hydrogens (tertiary/aromatic N) is 3. The molecule has 3 aliphatic rings. The fourth-order valence-electron chi connectivity index (χ4n) is 4.21. The van der Waals surface area contributed by atoms with E-state index in [1.165, 1.54) is 0 Å². The van der Waals surface area contributed by atoms with Crippen molar-refractivity contribution in [2.75, 3.05) is 31.2 Å². The van der Waals surface area contributed by atoms with Crippen molar-refractivity contribution in [3.05, 3.63) is 54.1 Å². The summed E-state index contributed by atoms with van der Waals surface area (Å²) in [4.78, 5) is 15.2. The molecule has 140 valence electrons. The van der Waals surface area contributed by atoms with Gasteiger partial charge >= 0.3 is 6.03 Å². The molecule has 6 heteroatoms. The lowest BCUT2D eigenvalue weighted by molar-refractivity contribution is 0.0721. The molecular formula is C21H23N3O3. The molecule has 0 N–H and O–H groups in total. The highest BCUT2D eigenvalue weighted by molar-refractivity contribution is 5.95. The Bertz CT molecular complexity index is 883. The summed E-state index contributed by atoms with van der Waals surface area (Å²) in [5.74, 6) is 1.43. The molecular weight excluding hydrogens is 342 g/mol. The topological polar surface area (TPSA) is 45.3 Å². The molecule has 2 aromatic carbocycles. The first-order valence-electron chi connectivity index (χ1n) is 9.35. The maximum atomic E-state index is 13.4. The van der Waals surface area contributed by atoms with Crippen LogP contribution in [0.3, 0.4) is 0 Å². The van der Waals surface area contributed by atoms with Gasteiger partial charge in [-0.2, -0.15) is 5.01 Å². The van der Waals surface area contributed by atoms with E-state index < -0.39 is 0 Å². The summed E-state index contributed by atoms with van der Waals surface area (Å²) in [6.07, 6.45) is -0.164. The molecule has 0 bridgehead atoms. The Morgan fingerprint density at radius 2 is 1.70 bits per heavy atom. The molecule has 0 aromatic heterocycles. The first kappa shape index (κ1) is 16.4. The molecule has 1 atom stereocenters. The Morgan fingerprint density at radius 1 is 0.963 bits per heavy atom. The molecule has 2 saturated heterocycles. The molecule has 6 nitrogen and oxygen atoms in total. The molecule has 2 aromatic rings. The third kappa shape index (κ3) is 2.63. The standard InChI is InChI=1S/C21H23N3O3/c1-21(2)13-22-19(15-6-4-3-5-7-15)24(20(25)23(22)14-21)16-8-9-17-18(12-16)27-11-10-26-17/h3-9,12,19H,10-11,13-14H2,1-2H3. The van der Waals surface area contributed by atoms with Gasteiger partial charge in [0.05, 0.1) is 5.69 Å². The highest BCUT2D eigenvalue weighted by atomic mass is 16.6. The van der Waals surface area contributed by atoms with Crippen molar-refractivity contribution in [1.82, 2.24) is 10.0 Å². The van der Waals surface area contributed by atoms with Gasteiger partial charge in [0.25, 0.3) is 0 Å². The first-order valence-corrected chi connectivity index (χ1v) is 9.35. The predicted molar refractivity (Wildman–Crippen MR) is 102 cm³/mol. The van der Waals surface area contributed by atoms with E-state index in [0.717, 1.165) is 30.1 Å². The van der Waals surface area contributed by atoms with Crippen LogP contribution in [0.4, 0.5) is 10.5 Å². The zero-order valence-electron chi connectivity index (χ0n) is 15.6. The summed E-state index contributed by atoms with van der Waals surface area (Å²) < 4.78 is 11.4. The maximum Gasteiger partial charge on any atom is 0.340 e. The van der Waals surface area contributed by atoms with E-state index in [0.29, 0.717) is 19.0 Å². The quantitative estimate of drug-likeness (QED) is 0.815. The van der Waals surface area contributed by atoms with Crippen LogP contribution in [0.5, 0.6) is 11.5 Å². The van der Waals surface area contributed by atoms with Gasteiger partial charge in [0, 0.05) is 19.2 Å². The average molecular weight is 365 g/mol. The summed E-state index contributed by atoms with van der Waals surface area (Å²) >= 11 is 0. The van der Waals surface area contributed by atoms with E-state index >= 15 is 0 Å². The summed E-state index contributed by atoms with van der Waals surface area (Å²) in [6, 6.07) is 16.0. The minimum Gasteiger partial charge on any atom is -0.486 e. The summed E-state index contributed by atoms with van der Waals surface area (Å²) in [6.45, 7) is 7.04. The fourth-order valence-corrected chi connectivity index (χ4v) is 4.21. The van der Waals surface area contributed by atoms with E-state index in [2.05, 4.69) is 31.0 Å². The number of ether oxygens (including phenoxy) is 2. The summed E-state index contributed by atoms with van der Waals surface area (Å²) in [5.41, 5.74) is 1.99. The van der Waals surface area contributed by atoms with Crippen LogP contribution in [-0.4, -0.2) is 42.4 Å². The zero-order valence-corrected chi connectivity index (χ0v) is 15.6. The SMILES string of the molecule is CC1(C)CN2C(=O)N(c3ccc4c(c3)OCCO4)C(c3ccccc3)N2C1. The van der Waals surface area contributed by atoms with Crippen molar-refractivity contribution < 1.29 is 14.3 Å². The van der Waals surface area contributed by atoms with Gasteiger partial charge < -0.3 is 9.47 Å². The third-order valence-electron chi connectivity index (χ3n) is 5.33. The zero-order chi connectivity index (χ0) is 18.6. The van der Waals surface area contributed by atoms with Crippen molar-refractivity contribution >= 4 is 11.7 Å². The van der Waals surface area contributed by atoms with Crippen molar-refractivity contribution in [3.63, 3.8) is 0 Å². The number of hydrogen-bond donors (Lipinski definition) is 0. The third-order valence-corrected chi connectivity index (χ3v) is 5.33. The minimum absolute atomic E-state index is 0.00565. The number of fused-ring (bicyclic) bond motifs is 2. The number of rotatable bonds is 2. The Balaban J connectivity index is 1.59. The van der Waals surface area contributed by atoms with E-state index in [1.807, 2.05) is 46.3 Å². The van der Waals surface area contributed by atoms with E-state index in [4.69, 9.17) is 9.47 Å². The van der Waals surface area contributed by atoms with Crippen LogP contribution < -0.4 is 14.4 Å². The minimum atomic E-state index is -0.164. The Labute approximate surface area is 158 Å². The van der Waals surface area contributed by atoms with Crippen LogP contribution in [0.25, 0.3) is 0 Å². The van der Waals surface area contributed by atoms with Crippen molar-refractivity contribution in [3.8, 4) is 11.5 Å². The molecule has 0 saturated carbocycles. The number of urea groups is 1. The number of amides is 2. The van der Waals surface area contributed by atoms with Crippen LogP contribution in [0.15, 0.2) is 48.5 Å². The highest BCUT2D eigenvalue weighted by Crippen LogP contribution is 2.46. The van der Waals surface area contributed by atoms with Crippen LogP contribution in [0.1, 0.15) is 25.6 Å². The fraction of sp³-hybridized carbons (Fsp3) is 0.381. The van der Waals surface area contributed by atoms with Crippen LogP contribution in [0, 0.1) is 5.41 Å². The van der Waals surface area contributed by atoms with Crippen molar-refractivity contribution in [2.45, 2.75) is 20.0 Å². The average Bonchev–Trinajstić information content (AvgIpc) is 3.13. The van der Waals surface area contributed by atoms with Gasteiger partial charge in [0.1, 0.15) is 19.4 Å². The van der Waals surface area contributed by atoms with E-state index in [9.17, 15) is 4.79 Å². The number of carbonyl (C=O) groups is 1. The Morgan fingerprint density at radius 3 is 2.48 bits per heavy atom. The summed E-state index contributed by atoms with van der Waals surface area (Å²) in [7, 11) is 0. The molecule has 1 unspecified atom stereocenters. The lowest BCUT2D eigenvalue weighted by Gasteiger charge is -2.30. The number of carbonyl (C=O) groups excluding carboxylic acids is 1. The Hall–Kier alpha value is -2.73. The second-order valence-corrected chi connectivity index (χ2v) is 8.08. The number of benzene rings is 2. The molecule has 3 heterocycles. The van der Waals surface area contributed by atoms with Gasteiger partial charge in [-0.25, -0.2) is 4.79 Å². The lowest BCUT2D eigenvalue weighted by atomic mass is 9.94. The monoisotopic (exact) mass is 365 g/mol. The van der Waals surface area contributed by atoms with Gasteiger partial charge in [-0.05, 0) is 23.1 Å². The van der Waals surface area contributed by atoms with Gasteiger partial charge in [-0.1, -0.05) is 44.2 Å². The van der Waals surface area contributed by atoms with Crippen LogP contribution in [-0.2, 0) is 0 Å². The number of anilines is 1. The largest absolute Gasteiger partial charge is 0.486 e. The van der Waals surface area contributed by atoms with Gasteiger partial charge in [-0.15, -0.1) is 0 Å². The number of hydrogen-bond acceptors (Lipinski definition) is 4. The van der Waals surface area contributed by atoms with Crippen molar-refractivity contribution in [2.24, 2.45) is 5.41 Å². The van der Waals surface area contributed by atoms with Gasteiger partial charge in [-0.3, -0.25) is 9.91 Å². The van der Waals surface area contributed by atoms with Crippen LogP contribution in [0.2, 0.25) is 0 Å². The Kier molecular flexibility index (Phi) is 3.59. The molecule has 0 spiro atoms. The molecule has 27 heavy (non-hydrogen) atoms. The molecule has 2 amide bonds. The van der Waals surface area contributed by atoms with E-state index in [-0.39, 0.29) is 17.6 Å². The molecule has 0 radical (unpaired) electrons. The molecule has 3 aliphatic heterocycles. The maximum absolute atomic E-state index is 13.4. The summed E-state index contributed by atoms with van der Waals surface area (Å²) in [5, 5.41) is 4.07.